The van der Waals surface area contributed by atoms with E-state index >= 15 is 0 Å². The summed E-state index contributed by atoms with van der Waals surface area (Å²) >= 11 is 0. The van der Waals surface area contributed by atoms with Crippen molar-refractivity contribution in [3.63, 3.8) is 0 Å². The predicted octanol–water partition coefficient (Wildman–Crippen LogP) is 1.28. The molecular formula is C14H26N4O2S. The molecule has 6 nitrogen and oxygen atoms in total. The summed E-state index contributed by atoms with van der Waals surface area (Å²) in [6.45, 7) is 10.5. The fourth-order valence-corrected chi connectivity index (χ4v) is 4.81. The molecule has 2 rings (SSSR count). The third-order valence-electron chi connectivity index (χ3n) is 3.90. The summed E-state index contributed by atoms with van der Waals surface area (Å²) in [5, 5.41) is 7.65. The number of rotatable bonds is 8. The Hall–Kier alpha value is -0.920. The van der Waals surface area contributed by atoms with E-state index < -0.39 is 10.0 Å². The summed E-state index contributed by atoms with van der Waals surface area (Å²) in [5.41, 5.74) is 1.34. The molecule has 1 aliphatic rings. The van der Waals surface area contributed by atoms with Crippen LogP contribution in [0.1, 0.15) is 38.1 Å². The van der Waals surface area contributed by atoms with Crippen LogP contribution in [0, 0.1) is 13.8 Å². The molecule has 1 saturated carbocycles. The number of nitrogens with zero attached hydrogens (tertiary/aromatic N) is 3. The van der Waals surface area contributed by atoms with E-state index in [0.717, 1.165) is 31.6 Å². The molecule has 0 amide bonds. The van der Waals surface area contributed by atoms with Crippen LogP contribution in [0.3, 0.4) is 0 Å². The van der Waals surface area contributed by atoms with Crippen LogP contribution < -0.4 is 5.32 Å². The second kappa shape index (κ2) is 6.46. The van der Waals surface area contributed by atoms with Gasteiger partial charge in [-0.1, -0.05) is 13.8 Å². The first-order valence-electron chi connectivity index (χ1n) is 7.70. The number of hydrogen-bond donors (Lipinski definition) is 1. The number of likely N-dealkylation sites (N-methyl/N-ethyl adjacent to an activating group) is 1. The highest BCUT2D eigenvalue weighted by Crippen LogP contribution is 2.33. The van der Waals surface area contributed by atoms with Gasteiger partial charge in [-0.05, 0) is 33.2 Å². The molecule has 1 aromatic rings. The molecule has 7 heteroatoms. The van der Waals surface area contributed by atoms with E-state index in [9.17, 15) is 8.42 Å². The van der Waals surface area contributed by atoms with Crippen molar-refractivity contribution in [2.45, 2.75) is 58.0 Å². The summed E-state index contributed by atoms with van der Waals surface area (Å²) in [7, 11) is -3.43. The number of hydrogen-bond acceptors (Lipinski definition) is 4. The normalized spacial score (nSPS) is 15.9. The lowest BCUT2D eigenvalue weighted by atomic mass is 10.4. The second-order valence-corrected chi connectivity index (χ2v) is 7.34. The number of aryl methyl sites for hydroxylation is 1. The van der Waals surface area contributed by atoms with Crippen molar-refractivity contribution >= 4 is 10.0 Å². The second-order valence-electron chi connectivity index (χ2n) is 5.52. The van der Waals surface area contributed by atoms with E-state index in [1.165, 1.54) is 0 Å². The molecule has 1 aliphatic carbocycles. The van der Waals surface area contributed by atoms with Crippen molar-refractivity contribution in [2.75, 3.05) is 19.6 Å². The van der Waals surface area contributed by atoms with Crippen LogP contribution in [0.25, 0.3) is 0 Å². The molecule has 1 N–H and O–H groups in total. The molecule has 120 valence electrons. The minimum absolute atomic E-state index is 0.184. The Morgan fingerprint density at radius 1 is 1.33 bits per heavy atom. The van der Waals surface area contributed by atoms with E-state index in [0.29, 0.717) is 23.7 Å². The van der Waals surface area contributed by atoms with Crippen molar-refractivity contribution in [3.8, 4) is 0 Å². The van der Waals surface area contributed by atoms with Crippen molar-refractivity contribution in [1.82, 2.24) is 19.4 Å². The van der Waals surface area contributed by atoms with Crippen LogP contribution in [0.2, 0.25) is 0 Å². The van der Waals surface area contributed by atoms with E-state index in [4.69, 9.17) is 0 Å². The summed E-state index contributed by atoms with van der Waals surface area (Å²) in [4.78, 5) is 0.396. The van der Waals surface area contributed by atoms with Crippen molar-refractivity contribution in [3.05, 3.63) is 11.4 Å². The Morgan fingerprint density at radius 3 is 2.52 bits per heavy atom. The zero-order valence-corrected chi connectivity index (χ0v) is 14.2. The van der Waals surface area contributed by atoms with E-state index in [1.54, 1.807) is 15.9 Å². The SMILES string of the molecule is CCNCCn1nc(C)c(S(=O)(=O)N(CC)C2CC2)c1C. The highest BCUT2D eigenvalue weighted by molar-refractivity contribution is 7.89. The Morgan fingerprint density at radius 2 is 2.00 bits per heavy atom. The molecule has 0 bridgehead atoms. The van der Waals surface area contributed by atoms with Gasteiger partial charge in [-0.25, -0.2) is 8.42 Å². The summed E-state index contributed by atoms with van der Waals surface area (Å²) in [6.07, 6.45) is 1.94. The molecule has 1 aromatic heterocycles. The fourth-order valence-electron chi connectivity index (χ4n) is 2.74. The first-order valence-corrected chi connectivity index (χ1v) is 9.14. The van der Waals surface area contributed by atoms with Crippen LogP contribution in [-0.4, -0.2) is 48.2 Å². The van der Waals surface area contributed by atoms with Crippen LogP contribution in [0.5, 0.6) is 0 Å². The molecule has 0 saturated heterocycles. The molecule has 1 fully saturated rings. The largest absolute Gasteiger partial charge is 0.315 e. The first kappa shape index (κ1) is 16.5. The molecule has 0 aromatic carbocycles. The summed E-state index contributed by atoms with van der Waals surface area (Å²) in [6, 6.07) is 0.184. The van der Waals surface area contributed by atoms with Gasteiger partial charge in [-0.15, -0.1) is 0 Å². The van der Waals surface area contributed by atoms with Crippen LogP contribution in [0.4, 0.5) is 0 Å². The average Bonchev–Trinajstić information content (AvgIpc) is 3.17. The lowest BCUT2D eigenvalue weighted by Gasteiger charge is -2.20. The Balaban J connectivity index is 2.30. The van der Waals surface area contributed by atoms with Gasteiger partial charge in [-0.2, -0.15) is 9.40 Å². The molecule has 0 spiro atoms. The maximum absolute atomic E-state index is 12.9. The molecule has 21 heavy (non-hydrogen) atoms. The third-order valence-corrected chi connectivity index (χ3v) is 6.18. The minimum Gasteiger partial charge on any atom is -0.315 e. The standard InChI is InChI=1S/C14H26N4O2S/c1-5-15-9-10-17-12(4)14(11(3)16-17)21(19,20)18(6-2)13-7-8-13/h13,15H,5-10H2,1-4H3. The van der Waals surface area contributed by atoms with Crippen molar-refractivity contribution < 1.29 is 8.42 Å². The molecule has 0 aliphatic heterocycles. The van der Waals surface area contributed by atoms with Gasteiger partial charge in [0.15, 0.2) is 0 Å². The Bertz CT molecular complexity index is 590. The molecule has 0 atom stereocenters. The first-order chi connectivity index (χ1) is 9.93. The fraction of sp³-hybridized carbons (Fsp3) is 0.786. The highest BCUT2D eigenvalue weighted by Gasteiger charge is 2.39. The Kier molecular flexibility index (Phi) is 5.06. The summed E-state index contributed by atoms with van der Waals surface area (Å²) in [5.74, 6) is 0. The third kappa shape index (κ3) is 3.30. The lowest BCUT2D eigenvalue weighted by molar-refractivity contribution is 0.420. The topological polar surface area (TPSA) is 67.2 Å². The predicted molar refractivity (Wildman–Crippen MR) is 82.8 cm³/mol. The quantitative estimate of drug-likeness (QED) is 0.734. The van der Waals surface area contributed by atoms with E-state index in [1.807, 2.05) is 20.8 Å². The van der Waals surface area contributed by atoms with Crippen molar-refractivity contribution in [1.29, 1.82) is 0 Å². The molecule has 0 radical (unpaired) electrons. The average molecular weight is 314 g/mol. The van der Waals surface area contributed by atoms with Gasteiger partial charge in [0.05, 0.1) is 17.9 Å². The Labute approximate surface area is 127 Å². The maximum Gasteiger partial charge on any atom is 0.246 e. The van der Waals surface area contributed by atoms with Crippen LogP contribution >= 0.6 is 0 Å². The zero-order chi connectivity index (χ0) is 15.6. The smallest absolute Gasteiger partial charge is 0.246 e. The van der Waals surface area contributed by atoms with Crippen LogP contribution in [0.15, 0.2) is 4.90 Å². The molecular weight excluding hydrogens is 288 g/mol. The van der Waals surface area contributed by atoms with E-state index in [-0.39, 0.29) is 6.04 Å². The zero-order valence-electron chi connectivity index (χ0n) is 13.4. The summed E-state index contributed by atoms with van der Waals surface area (Å²) < 4.78 is 29.2. The lowest BCUT2D eigenvalue weighted by Crippen LogP contribution is -2.33. The van der Waals surface area contributed by atoms with Gasteiger partial charge in [0.25, 0.3) is 0 Å². The highest BCUT2D eigenvalue weighted by atomic mass is 32.2. The van der Waals surface area contributed by atoms with Gasteiger partial charge in [0.2, 0.25) is 10.0 Å². The monoisotopic (exact) mass is 314 g/mol. The van der Waals surface area contributed by atoms with Gasteiger partial charge in [0.1, 0.15) is 4.90 Å². The van der Waals surface area contributed by atoms with Gasteiger partial charge in [0, 0.05) is 19.1 Å². The van der Waals surface area contributed by atoms with Crippen LogP contribution in [-0.2, 0) is 16.6 Å². The van der Waals surface area contributed by atoms with E-state index in [2.05, 4.69) is 10.4 Å². The van der Waals surface area contributed by atoms with Gasteiger partial charge < -0.3 is 5.32 Å². The van der Waals surface area contributed by atoms with Gasteiger partial charge >= 0.3 is 0 Å². The minimum atomic E-state index is -3.43. The molecule has 1 heterocycles. The number of sulfonamides is 1. The number of aromatic nitrogens is 2. The molecule has 0 unspecified atom stereocenters. The van der Waals surface area contributed by atoms with Gasteiger partial charge in [-0.3, -0.25) is 4.68 Å². The number of nitrogens with one attached hydrogen (secondary N) is 1. The van der Waals surface area contributed by atoms with Crippen molar-refractivity contribution in [2.24, 2.45) is 0 Å². The maximum atomic E-state index is 12.9.